The fourth-order valence-corrected chi connectivity index (χ4v) is 7.88. The maximum absolute atomic E-state index is 13.3. The highest BCUT2D eigenvalue weighted by molar-refractivity contribution is 5.84. The van der Waals surface area contributed by atoms with Gasteiger partial charge in [0.15, 0.2) is 0 Å². The molecule has 0 spiro atoms. The summed E-state index contributed by atoms with van der Waals surface area (Å²) in [6, 6.07) is 0. The third-order valence-corrected chi connectivity index (χ3v) is 8.96. The highest BCUT2D eigenvalue weighted by atomic mass is 16.1. The molecule has 0 bridgehead atoms. The number of fused-ring (bicyclic) bond motifs is 5. The van der Waals surface area contributed by atoms with Gasteiger partial charge in [0, 0.05) is 12.3 Å². The molecule has 1 nitrogen and oxygen atoms in total. The van der Waals surface area contributed by atoms with Crippen LogP contribution in [0.2, 0.25) is 0 Å². The normalized spacial score (nSPS) is 54.5. The van der Waals surface area contributed by atoms with E-state index in [1.165, 1.54) is 57.8 Å². The fraction of sp³-hybridized carbons (Fsp3) is 0.952. The highest BCUT2D eigenvalue weighted by Crippen LogP contribution is 2.66. The number of carbonyl (C=O) groups is 1. The van der Waals surface area contributed by atoms with Gasteiger partial charge in [0.1, 0.15) is 5.78 Å². The van der Waals surface area contributed by atoms with Crippen molar-refractivity contribution < 1.29 is 4.79 Å². The lowest BCUT2D eigenvalue weighted by molar-refractivity contribution is -0.157. The molecule has 7 atom stereocenters. The van der Waals surface area contributed by atoms with Crippen molar-refractivity contribution in [2.45, 2.75) is 85.0 Å². The first-order chi connectivity index (χ1) is 10.5. The van der Waals surface area contributed by atoms with Gasteiger partial charge in [-0.05, 0) is 73.0 Å². The molecular formula is C21H34O. The van der Waals surface area contributed by atoms with E-state index in [-0.39, 0.29) is 0 Å². The van der Waals surface area contributed by atoms with Crippen molar-refractivity contribution in [2.24, 2.45) is 40.4 Å². The van der Waals surface area contributed by atoms with Gasteiger partial charge in [-0.1, -0.05) is 40.0 Å². The van der Waals surface area contributed by atoms with Crippen molar-refractivity contribution in [1.29, 1.82) is 0 Å². The van der Waals surface area contributed by atoms with Crippen LogP contribution in [0.4, 0.5) is 0 Å². The van der Waals surface area contributed by atoms with Crippen molar-refractivity contribution >= 4 is 5.78 Å². The molecule has 0 amide bonds. The summed E-state index contributed by atoms with van der Waals surface area (Å²) < 4.78 is 0. The molecule has 0 aliphatic heterocycles. The second-order valence-electron chi connectivity index (χ2n) is 9.61. The Bertz CT molecular complexity index is 469. The molecule has 4 aliphatic carbocycles. The summed E-state index contributed by atoms with van der Waals surface area (Å²) in [6.07, 6.45) is 13.2. The molecule has 0 unspecified atom stereocenters. The van der Waals surface area contributed by atoms with Crippen LogP contribution in [0.25, 0.3) is 0 Å². The van der Waals surface area contributed by atoms with Gasteiger partial charge in [0.25, 0.3) is 0 Å². The van der Waals surface area contributed by atoms with E-state index >= 15 is 0 Å². The van der Waals surface area contributed by atoms with Crippen molar-refractivity contribution in [3.05, 3.63) is 0 Å². The molecule has 0 heterocycles. The zero-order valence-electron chi connectivity index (χ0n) is 14.9. The molecule has 0 radical (unpaired) electrons. The van der Waals surface area contributed by atoms with Crippen LogP contribution >= 0.6 is 0 Å². The second kappa shape index (κ2) is 5.08. The Hall–Kier alpha value is -0.330. The molecule has 4 saturated carbocycles. The molecular weight excluding hydrogens is 268 g/mol. The lowest BCUT2D eigenvalue weighted by atomic mass is 9.44. The maximum atomic E-state index is 13.3. The van der Waals surface area contributed by atoms with Crippen LogP contribution in [0, 0.1) is 40.4 Å². The largest absolute Gasteiger partial charge is 0.299 e. The third-order valence-electron chi connectivity index (χ3n) is 8.96. The van der Waals surface area contributed by atoms with Crippen LogP contribution in [0.5, 0.6) is 0 Å². The summed E-state index contributed by atoms with van der Waals surface area (Å²) in [4.78, 5) is 13.3. The Morgan fingerprint density at radius 1 is 1.00 bits per heavy atom. The summed E-state index contributed by atoms with van der Waals surface area (Å²) in [7, 11) is 0. The van der Waals surface area contributed by atoms with Crippen molar-refractivity contribution in [2.75, 3.05) is 0 Å². The summed E-state index contributed by atoms with van der Waals surface area (Å²) in [6.45, 7) is 7.32. The van der Waals surface area contributed by atoms with E-state index in [0.717, 1.165) is 30.1 Å². The Morgan fingerprint density at radius 3 is 2.59 bits per heavy atom. The lowest BCUT2D eigenvalue weighted by Crippen LogP contribution is -2.56. The van der Waals surface area contributed by atoms with Crippen LogP contribution in [0.3, 0.4) is 0 Å². The Balaban J connectivity index is 1.69. The molecule has 22 heavy (non-hydrogen) atoms. The lowest BCUT2D eigenvalue weighted by Gasteiger charge is -2.59. The third kappa shape index (κ3) is 1.86. The quantitative estimate of drug-likeness (QED) is 0.614. The van der Waals surface area contributed by atoms with E-state index in [2.05, 4.69) is 20.8 Å². The second-order valence-corrected chi connectivity index (χ2v) is 9.61. The number of hydrogen-bond donors (Lipinski definition) is 0. The minimum absolute atomic E-state index is 0.338. The van der Waals surface area contributed by atoms with E-state index in [9.17, 15) is 4.79 Å². The number of ketones is 1. The van der Waals surface area contributed by atoms with E-state index in [4.69, 9.17) is 0 Å². The molecule has 0 aromatic heterocycles. The molecule has 0 saturated heterocycles. The first-order valence-electron chi connectivity index (χ1n) is 10.0. The van der Waals surface area contributed by atoms with Gasteiger partial charge in [0.05, 0.1) is 0 Å². The van der Waals surface area contributed by atoms with Crippen molar-refractivity contribution in [3.63, 3.8) is 0 Å². The van der Waals surface area contributed by atoms with Crippen molar-refractivity contribution in [1.82, 2.24) is 0 Å². The Morgan fingerprint density at radius 2 is 1.82 bits per heavy atom. The Kier molecular flexibility index (Phi) is 3.51. The molecule has 4 aliphatic rings. The van der Waals surface area contributed by atoms with Crippen LogP contribution in [0.15, 0.2) is 0 Å². The number of hydrogen-bond acceptors (Lipinski definition) is 1. The van der Waals surface area contributed by atoms with Gasteiger partial charge in [0.2, 0.25) is 0 Å². The maximum Gasteiger partial charge on any atom is 0.137 e. The standard InChI is InChI=1S/C21H34O/c1-4-14-9-11-17-16-10-8-15-7-5-6-12-20(15,2)19(16)18(22)13-21(14,17)3/h14-17,19H,4-13H2,1-3H3/t14-,15-,16+,17-,19+,20+,21-/m1/s1. The predicted octanol–water partition coefficient (Wildman–Crippen LogP) is 5.62. The minimum Gasteiger partial charge on any atom is -0.299 e. The van der Waals surface area contributed by atoms with E-state index in [0.29, 0.717) is 22.5 Å². The molecule has 0 aromatic rings. The average molecular weight is 303 g/mol. The van der Waals surface area contributed by atoms with Gasteiger partial charge in [-0.25, -0.2) is 0 Å². The van der Waals surface area contributed by atoms with Crippen LogP contribution in [0.1, 0.15) is 85.0 Å². The number of Topliss-reactive ketones (excluding diaryl/α,β-unsaturated/α-hetero) is 1. The summed E-state index contributed by atoms with van der Waals surface area (Å²) >= 11 is 0. The summed E-state index contributed by atoms with van der Waals surface area (Å²) in [5, 5.41) is 0. The van der Waals surface area contributed by atoms with Crippen LogP contribution < -0.4 is 0 Å². The smallest absolute Gasteiger partial charge is 0.137 e. The fourth-order valence-electron chi connectivity index (χ4n) is 7.88. The molecule has 0 N–H and O–H groups in total. The van der Waals surface area contributed by atoms with Gasteiger partial charge >= 0.3 is 0 Å². The first kappa shape index (κ1) is 15.2. The summed E-state index contributed by atoms with van der Waals surface area (Å²) in [5.74, 6) is 4.30. The first-order valence-corrected chi connectivity index (χ1v) is 10.0. The van der Waals surface area contributed by atoms with Crippen LogP contribution in [-0.4, -0.2) is 5.78 Å². The predicted molar refractivity (Wildman–Crippen MR) is 90.5 cm³/mol. The van der Waals surface area contributed by atoms with Gasteiger partial charge in [-0.3, -0.25) is 4.79 Å². The zero-order chi connectivity index (χ0) is 15.5. The number of carbonyl (C=O) groups excluding carboxylic acids is 1. The topological polar surface area (TPSA) is 17.1 Å². The molecule has 4 fully saturated rings. The van der Waals surface area contributed by atoms with E-state index < -0.39 is 0 Å². The van der Waals surface area contributed by atoms with Gasteiger partial charge < -0.3 is 0 Å². The average Bonchev–Trinajstić information content (AvgIpc) is 2.82. The Labute approximate surface area is 136 Å². The van der Waals surface area contributed by atoms with Gasteiger partial charge in [-0.2, -0.15) is 0 Å². The van der Waals surface area contributed by atoms with E-state index in [1.54, 1.807) is 0 Å². The molecule has 4 rings (SSSR count). The number of rotatable bonds is 1. The zero-order valence-corrected chi connectivity index (χ0v) is 14.9. The monoisotopic (exact) mass is 302 g/mol. The molecule has 1 heteroatoms. The van der Waals surface area contributed by atoms with Crippen molar-refractivity contribution in [3.8, 4) is 0 Å². The highest BCUT2D eigenvalue weighted by Gasteiger charge is 2.62. The van der Waals surface area contributed by atoms with Gasteiger partial charge in [-0.15, -0.1) is 0 Å². The molecule has 124 valence electrons. The van der Waals surface area contributed by atoms with Crippen LogP contribution in [-0.2, 0) is 4.79 Å². The minimum atomic E-state index is 0.338. The SMILES string of the molecule is CC[C@@H]1CC[C@@H]2[C@@H]3CC[C@H]4CCCC[C@]4(C)[C@@H]3C(=O)C[C@]12C. The molecule has 0 aromatic carbocycles. The summed E-state index contributed by atoms with van der Waals surface area (Å²) in [5.41, 5.74) is 0.689. The van der Waals surface area contributed by atoms with E-state index in [1.807, 2.05) is 0 Å².